The molecule has 0 atom stereocenters. The number of hydrogen-bond donors (Lipinski definition) is 1. The van der Waals surface area contributed by atoms with Crippen LogP contribution in [0.25, 0.3) is 0 Å². The molecule has 0 fully saturated rings. The Kier molecular flexibility index (Phi) is 4.27. The average molecular weight is 276 g/mol. The molecule has 3 nitrogen and oxygen atoms in total. The van der Waals surface area contributed by atoms with E-state index in [1.165, 1.54) is 11.3 Å². The fourth-order valence-electron chi connectivity index (χ4n) is 1.79. The summed E-state index contributed by atoms with van der Waals surface area (Å²) < 4.78 is 0. The zero-order valence-electron chi connectivity index (χ0n) is 11.4. The first-order chi connectivity index (χ1) is 9.06. The lowest BCUT2D eigenvalue weighted by molar-refractivity contribution is 1.10. The van der Waals surface area contributed by atoms with Gasteiger partial charge in [0.25, 0.3) is 0 Å². The van der Waals surface area contributed by atoms with E-state index >= 15 is 0 Å². The van der Waals surface area contributed by atoms with Crippen LogP contribution in [0.4, 0.5) is 11.4 Å². The van der Waals surface area contributed by atoms with Crippen LogP contribution in [0, 0.1) is 6.92 Å². The van der Waals surface area contributed by atoms with E-state index in [2.05, 4.69) is 39.5 Å². The molecule has 0 aliphatic carbocycles. The highest BCUT2D eigenvalue weighted by Gasteiger charge is 2.02. The Morgan fingerprint density at radius 3 is 2.53 bits per heavy atom. The molecule has 2 rings (SSSR count). The molecule has 0 aliphatic rings. The van der Waals surface area contributed by atoms with Gasteiger partial charge in [0, 0.05) is 32.5 Å². The molecule has 4 heteroatoms. The van der Waals surface area contributed by atoms with Crippen molar-refractivity contribution in [1.29, 1.82) is 0 Å². The number of benzene rings is 1. The molecule has 0 spiro atoms. The zero-order chi connectivity index (χ0) is 13.8. The Morgan fingerprint density at radius 1 is 1.21 bits per heavy atom. The molecule has 1 aromatic heterocycles. The van der Waals surface area contributed by atoms with Gasteiger partial charge in [0.2, 0.25) is 0 Å². The number of aryl methyl sites for hydroxylation is 1. The topological polar surface area (TPSA) is 28.2 Å². The van der Waals surface area contributed by atoms with Crippen molar-refractivity contribution in [3.8, 4) is 0 Å². The van der Waals surface area contributed by atoms with Gasteiger partial charge in [-0.1, -0.05) is 23.7 Å². The molecule has 2 aromatic rings. The Bertz CT molecular complexity index is 550. The van der Waals surface area contributed by atoms with Crippen molar-refractivity contribution in [2.75, 3.05) is 24.3 Å². The summed E-state index contributed by atoms with van der Waals surface area (Å²) in [6, 6.07) is 10.4. The minimum Gasteiger partial charge on any atom is -0.378 e. The quantitative estimate of drug-likeness (QED) is 0.862. The van der Waals surface area contributed by atoms with Crippen LogP contribution in [-0.4, -0.2) is 19.1 Å². The van der Waals surface area contributed by atoms with E-state index in [1.54, 1.807) is 6.20 Å². The summed E-state index contributed by atoms with van der Waals surface area (Å²) >= 11 is 6.05. The second-order valence-electron chi connectivity index (χ2n) is 4.77. The van der Waals surface area contributed by atoms with E-state index in [4.69, 9.17) is 11.6 Å². The highest BCUT2D eigenvalue weighted by Crippen LogP contribution is 2.21. The normalized spacial score (nSPS) is 10.3. The Morgan fingerprint density at radius 2 is 1.89 bits per heavy atom. The summed E-state index contributed by atoms with van der Waals surface area (Å²) in [7, 11) is 4.07. The van der Waals surface area contributed by atoms with E-state index in [9.17, 15) is 0 Å². The van der Waals surface area contributed by atoms with Gasteiger partial charge in [-0.2, -0.15) is 0 Å². The predicted octanol–water partition coefficient (Wildman–Crippen LogP) is 3.72. The molecule has 0 saturated carbocycles. The summed E-state index contributed by atoms with van der Waals surface area (Å²) in [6.45, 7) is 2.74. The van der Waals surface area contributed by atoms with E-state index in [1.807, 2.05) is 27.1 Å². The number of nitrogens with one attached hydrogen (secondary N) is 1. The third-order valence-corrected chi connectivity index (χ3v) is 3.21. The maximum Gasteiger partial charge on any atom is 0.152 e. The number of rotatable bonds is 4. The number of pyridine rings is 1. The molecule has 0 radical (unpaired) electrons. The van der Waals surface area contributed by atoms with Crippen molar-refractivity contribution in [2.24, 2.45) is 0 Å². The summed E-state index contributed by atoms with van der Waals surface area (Å²) in [4.78, 5) is 6.21. The van der Waals surface area contributed by atoms with Crippen LogP contribution in [0.15, 0.2) is 36.5 Å². The first kappa shape index (κ1) is 13.7. The van der Waals surface area contributed by atoms with Gasteiger partial charge in [-0.25, -0.2) is 4.98 Å². The van der Waals surface area contributed by atoms with Gasteiger partial charge in [-0.05, 0) is 36.2 Å². The van der Waals surface area contributed by atoms with Crippen LogP contribution in [0.5, 0.6) is 0 Å². The van der Waals surface area contributed by atoms with Crippen molar-refractivity contribution >= 4 is 23.0 Å². The first-order valence-electron chi connectivity index (χ1n) is 6.18. The largest absolute Gasteiger partial charge is 0.378 e. The molecule has 100 valence electrons. The van der Waals surface area contributed by atoms with Gasteiger partial charge >= 0.3 is 0 Å². The smallest absolute Gasteiger partial charge is 0.152 e. The second-order valence-corrected chi connectivity index (χ2v) is 5.12. The molecule has 19 heavy (non-hydrogen) atoms. The van der Waals surface area contributed by atoms with E-state index in [0.29, 0.717) is 5.15 Å². The second kappa shape index (κ2) is 5.93. The van der Waals surface area contributed by atoms with Crippen LogP contribution >= 0.6 is 11.6 Å². The van der Waals surface area contributed by atoms with Crippen LogP contribution in [0.2, 0.25) is 5.15 Å². The Labute approximate surface area is 119 Å². The standard InChI is InChI=1S/C15H18ClN3/c1-11-8-14(15(16)18-9-11)17-10-12-4-6-13(7-5-12)19(2)3/h4-9,17H,10H2,1-3H3. The number of nitrogens with zero attached hydrogens (tertiary/aromatic N) is 2. The fourth-order valence-corrected chi connectivity index (χ4v) is 1.96. The summed E-state index contributed by atoms with van der Waals surface area (Å²) in [6.07, 6.45) is 1.76. The molecule has 0 aliphatic heterocycles. The maximum atomic E-state index is 6.05. The SMILES string of the molecule is Cc1cnc(Cl)c(NCc2ccc(N(C)C)cc2)c1. The highest BCUT2D eigenvalue weighted by molar-refractivity contribution is 6.31. The summed E-state index contributed by atoms with van der Waals surface area (Å²) in [5.41, 5.74) is 4.37. The van der Waals surface area contributed by atoms with Gasteiger partial charge in [0.1, 0.15) is 0 Å². The summed E-state index contributed by atoms with van der Waals surface area (Å²) in [5, 5.41) is 3.82. The van der Waals surface area contributed by atoms with Crippen LogP contribution < -0.4 is 10.2 Å². The lowest BCUT2D eigenvalue weighted by atomic mass is 10.2. The average Bonchev–Trinajstić information content (AvgIpc) is 2.40. The van der Waals surface area contributed by atoms with Crippen LogP contribution in [0.1, 0.15) is 11.1 Å². The Balaban J connectivity index is 2.04. The van der Waals surface area contributed by atoms with Gasteiger partial charge in [-0.3, -0.25) is 0 Å². The van der Waals surface area contributed by atoms with Gasteiger partial charge < -0.3 is 10.2 Å². The summed E-state index contributed by atoms with van der Waals surface area (Å²) in [5.74, 6) is 0. The molecule has 1 aromatic carbocycles. The molecule has 1 heterocycles. The predicted molar refractivity (Wildman–Crippen MR) is 82.1 cm³/mol. The highest BCUT2D eigenvalue weighted by atomic mass is 35.5. The zero-order valence-corrected chi connectivity index (χ0v) is 12.2. The minimum atomic E-state index is 0.510. The Hall–Kier alpha value is -1.74. The number of aromatic nitrogens is 1. The first-order valence-corrected chi connectivity index (χ1v) is 6.56. The van der Waals surface area contributed by atoms with Gasteiger partial charge in [0.05, 0.1) is 5.69 Å². The van der Waals surface area contributed by atoms with Crippen molar-refractivity contribution in [1.82, 2.24) is 4.98 Å². The lowest BCUT2D eigenvalue weighted by Gasteiger charge is -2.13. The number of hydrogen-bond acceptors (Lipinski definition) is 3. The molecule has 1 N–H and O–H groups in total. The van der Waals surface area contributed by atoms with Crippen LogP contribution in [-0.2, 0) is 6.54 Å². The van der Waals surface area contributed by atoms with Crippen molar-refractivity contribution in [3.05, 3.63) is 52.8 Å². The third-order valence-electron chi connectivity index (χ3n) is 2.91. The van der Waals surface area contributed by atoms with E-state index < -0.39 is 0 Å². The third kappa shape index (κ3) is 3.61. The molecule has 0 amide bonds. The van der Waals surface area contributed by atoms with Gasteiger partial charge in [0.15, 0.2) is 5.15 Å². The molecule has 0 saturated heterocycles. The maximum absolute atomic E-state index is 6.05. The van der Waals surface area contributed by atoms with Crippen molar-refractivity contribution < 1.29 is 0 Å². The molecule has 0 bridgehead atoms. The van der Waals surface area contributed by atoms with Gasteiger partial charge in [-0.15, -0.1) is 0 Å². The minimum absolute atomic E-state index is 0.510. The number of halogens is 1. The van der Waals surface area contributed by atoms with E-state index in [-0.39, 0.29) is 0 Å². The van der Waals surface area contributed by atoms with Crippen molar-refractivity contribution in [3.63, 3.8) is 0 Å². The lowest BCUT2D eigenvalue weighted by Crippen LogP contribution is -2.08. The van der Waals surface area contributed by atoms with Crippen LogP contribution in [0.3, 0.4) is 0 Å². The number of anilines is 2. The van der Waals surface area contributed by atoms with E-state index in [0.717, 1.165) is 17.8 Å². The molecular formula is C15H18ClN3. The van der Waals surface area contributed by atoms with Crippen molar-refractivity contribution in [2.45, 2.75) is 13.5 Å². The molecular weight excluding hydrogens is 258 g/mol. The molecule has 0 unspecified atom stereocenters. The fraction of sp³-hybridized carbons (Fsp3) is 0.267. The monoisotopic (exact) mass is 275 g/mol.